The second-order valence-corrected chi connectivity index (χ2v) is 6.54. The van der Waals surface area contributed by atoms with Gasteiger partial charge in [0, 0.05) is 25.2 Å². The number of likely N-dealkylation sites (N-methyl/N-ethyl adjacent to an activating group) is 1. The van der Waals surface area contributed by atoms with Crippen LogP contribution in [0.1, 0.15) is 22.8 Å². The molecule has 0 aromatic heterocycles. The van der Waals surface area contributed by atoms with Gasteiger partial charge >= 0.3 is 18.1 Å². The number of carbonyl (C=O) groups is 2. The number of benzene rings is 2. The van der Waals surface area contributed by atoms with Gasteiger partial charge in [0.25, 0.3) is 0 Å². The maximum atomic E-state index is 12.8. The standard InChI is InChI=1S/C17H16F3NO.C4H4O4/c1-21-10-12-5-2-3-8-15(12)16(11-21)22-14-7-4-6-13(9-14)17(18,19)20;5-3(6)1-2-4(7)8/h2-9,16H,10-11H2,1H3;1-2H,(H,5,6)(H,7,8)/b;2-1-. The Morgan fingerprint density at radius 2 is 1.70 bits per heavy atom. The molecule has 1 aliphatic heterocycles. The van der Waals surface area contributed by atoms with Gasteiger partial charge in [-0.25, -0.2) is 9.59 Å². The average molecular weight is 423 g/mol. The van der Waals surface area contributed by atoms with E-state index in [0.29, 0.717) is 18.7 Å². The predicted octanol–water partition coefficient (Wildman–Crippen LogP) is 3.98. The van der Waals surface area contributed by atoms with E-state index in [9.17, 15) is 22.8 Å². The van der Waals surface area contributed by atoms with Crippen LogP contribution in [-0.2, 0) is 22.3 Å². The number of hydrogen-bond donors (Lipinski definition) is 2. The first-order valence-corrected chi connectivity index (χ1v) is 8.80. The summed E-state index contributed by atoms with van der Waals surface area (Å²) in [6.45, 7) is 1.46. The number of aliphatic carboxylic acids is 2. The minimum absolute atomic E-state index is 0.241. The van der Waals surface area contributed by atoms with Crippen molar-refractivity contribution in [2.75, 3.05) is 13.6 Å². The molecule has 0 amide bonds. The van der Waals surface area contributed by atoms with Crippen molar-refractivity contribution in [1.29, 1.82) is 0 Å². The molecule has 1 heterocycles. The third-order valence-electron chi connectivity index (χ3n) is 4.13. The van der Waals surface area contributed by atoms with E-state index in [0.717, 1.165) is 29.8 Å². The van der Waals surface area contributed by atoms with Crippen LogP contribution >= 0.6 is 0 Å². The molecule has 0 radical (unpaired) electrons. The summed E-state index contributed by atoms with van der Waals surface area (Å²) in [6, 6.07) is 12.9. The summed E-state index contributed by atoms with van der Waals surface area (Å²) in [4.78, 5) is 21.2. The molecule has 2 aromatic carbocycles. The van der Waals surface area contributed by atoms with E-state index >= 15 is 0 Å². The number of halogens is 3. The molecular weight excluding hydrogens is 403 g/mol. The van der Waals surface area contributed by atoms with Crippen molar-refractivity contribution in [1.82, 2.24) is 4.90 Å². The Hall–Kier alpha value is -3.33. The fourth-order valence-corrected chi connectivity index (χ4v) is 2.88. The minimum atomic E-state index is -4.36. The molecule has 2 N–H and O–H groups in total. The zero-order valence-electron chi connectivity index (χ0n) is 16.0. The van der Waals surface area contributed by atoms with Gasteiger partial charge in [-0.3, -0.25) is 4.90 Å². The normalized spacial score (nSPS) is 16.3. The van der Waals surface area contributed by atoms with E-state index in [4.69, 9.17) is 14.9 Å². The summed E-state index contributed by atoms with van der Waals surface area (Å²) in [5.41, 5.74) is 1.49. The quantitative estimate of drug-likeness (QED) is 0.724. The SMILES string of the molecule is CN1Cc2ccccc2C(Oc2cccc(C(F)(F)F)c2)C1.O=C(O)/C=C\C(=O)O. The molecule has 160 valence electrons. The Morgan fingerprint density at radius 1 is 1.07 bits per heavy atom. The van der Waals surface area contributed by atoms with Crippen LogP contribution in [0.15, 0.2) is 60.7 Å². The van der Waals surface area contributed by atoms with Gasteiger partial charge in [0.2, 0.25) is 0 Å². The Morgan fingerprint density at radius 3 is 2.30 bits per heavy atom. The molecule has 3 rings (SSSR count). The highest BCUT2D eigenvalue weighted by atomic mass is 19.4. The zero-order valence-corrected chi connectivity index (χ0v) is 16.0. The topological polar surface area (TPSA) is 87.1 Å². The van der Waals surface area contributed by atoms with Gasteiger partial charge in [-0.1, -0.05) is 30.3 Å². The molecule has 0 spiro atoms. The van der Waals surface area contributed by atoms with Crippen LogP contribution in [0, 0.1) is 0 Å². The summed E-state index contributed by atoms with van der Waals surface area (Å²) in [7, 11) is 1.97. The van der Waals surface area contributed by atoms with Crippen LogP contribution in [0.2, 0.25) is 0 Å². The van der Waals surface area contributed by atoms with E-state index in [2.05, 4.69) is 4.90 Å². The zero-order chi connectivity index (χ0) is 22.3. The molecule has 1 unspecified atom stereocenters. The molecule has 0 saturated carbocycles. The second-order valence-electron chi connectivity index (χ2n) is 6.54. The first-order valence-electron chi connectivity index (χ1n) is 8.80. The minimum Gasteiger partial charge on any atom is -0.484 e. The number of fused-ring (bicyclic) bond motifs is 1. The Labute approximate surface area is 170 Å². The lowest BCUT2D eigenvalue weighted by Crippen LogP contribution is -2.33. The van der Waals surface area contributed by atoms with Crippen molar-refractivity contribution in [3.05, 3.63) is 77.4 Å². The van der Waals surface area contributed by atoms with Gasteiger partial charge < -0.3 is 14.9 Å². The van der Waals surface area contributed by atoms with Crippen LogP contribution in [0.25, 0.3) is 0 Å². The van der Waals surface area contributed by atoms with Gasteiger partial charge in [-0.05, 0) is 36.4 Å². The van der Waals surface area contributed by atoms with Crippen LogP contribution < -0.4 is 4.74 Å². The molecule has 0 fully saturated rings. The maximum absolute atomic E-state index is 12.8. The lowest BCUT2D eigenvalue weighted by Gasteiger charge is -2.32. The van der Waals surface area contributed by atoms with Crippen LogP contribution in [0.3, 0.4) is 0 Å². The van der Waals surface area contributed by atoms with E-state index in [1.807, 2.05) is 31.3 Å². The maximum Gasteiger partial charge on any atom is 0.416 e. The molecular formula is C21H20F3NO5. The molecule has 0 bridgehead atoms. The monoisotopic (exact) mass is 423 g/mol. The third-order valence-corrected chi connectivity index (χ3v) is 4.13. The largest absolute Gasteiger partial charge is 0.484 e. The van der Waals surface area contributed by atoms with Crippen LogP contribution in [0.5, 0.6) is 5.75 Å². The second kappa shape index (κ2) is 9.93. The van der Waals surface area contributed by atoms with Gasteiger partial charge in [-0.2, -0.15) is 13.2 Å². The summed E-state index contributed by atoms with van der Waals surface area (Å²) < 4.78 is 44.2. The predicted molar refractivity (Wildman–Crippen MR) is 102 cm³/mol. The summed E-state index contributed by atoms with van der Waals surface area (Å²) in [5.74, 6) is -2.27. The van der Waals surface area contributed by atoms with Crippen molar-refractivity contribution in [2.24, 2.45) is 0 Å². The Balaban J connectivity index is 0.000000343. The molecule has 6 nitrogen and oxygen atoms in total. The Kier molecular flexibility index (Phi) is 7.60. The number of rotatable bonds is 4. The summed E-state index contributed by atoms with van der Waals surface area (Å²) in [5, 5.41) is 15.6. The number of carboxylic acids is 2. The molecule has 30 heavy (non-hydrogen) atoms. The van der Waals surface area contributed by atoms with Gasteiger partial charge in [0.1, 0.15) is 11.9 Å². The first-order chi connectivity index (χ1) is 14.1. The summed E-state index contributed by atoms with van der Waals surface area (Å²) in [6.07, 6.45) is -3.51. The number of hydrogen-bond acceptors (Lipinski definition) is 4. The lowest BCUT2D eigenvalue weighted by atomic mass is 9.97. The van der Waals surface area contributed by atoms with E-state index in [-0.39, 0.29) is 11.9 Å². The van der Waals surface area contributed by atoms with E-state index in [1.54, 1.807) is 6.07 Å². The summed E-state index contributed by atoms with van der Waals surface area (Å²) >= 11 is 0. The number of ether oxygens (including phenoxy) is 1. The highest BCUT2D eigenvalue weighted by molar-refractivity contribution is 5.89. The molecule has 0 saturated heterocycles. The van der Waals surface area contributed by atoms with Gasteiger partial charge in [0.05, 0.1) is 5.56 Å². The van der Waals surface area contributed by atoms with Crippen LogP contribution in [0.4, 0.5) is 13.2 Å². The smallest absolute Gasteiger partial charge is 0.416 e. The van der Waals surface area contributed by atoms with Crippen molar-refractivity contribution < 1.29 is 37.7 Å². The fraction of sp³-hybridized carbons (Fsp3) is 0.238. The molecule has 1 atom stereocenters. The molecule has 2 aromatic rings. The number of nitrogens with zero attached hydrogens (tertiary/aromatic N) is 1. The average Bonchev–Trinajstić information content (AvgIpc) is 2.66. The van der Waals surface area contributed by atoms with Crippen molar-refractivity contribution in [2.45, 2.75) is 18.8 Å². The van der Waals surface area contributed by atoms with Crippen molar-refractivity contribution in [3.63, 3.8) is 0 Å². The van der Waals surface area contributed by atoms with Crippen LogP contribution in [-0.4, -0.2) is 40.6 Å². The van der Waals surface area contributed by atoms with Crippen molar-refractivity contribution >= 4 is 11.9 Å². The highest BCUT2D eigenvalue weighted by Crippen LogP contribution is 2.34. The number of carboxylic acid groups (broad SMARTS) is 2. The third kappa shape index (κ3) is 6.93. The van der Waals surface area contributed by atoms with E-state index in [1.165, 1.54) is 6.07 Å². The molecule has 9 heteroatoms. The highest BCUT2D eigenvalue weighted by Gasteiger charge is 2.31. The molecule has 0 aliphatic carbocycles. The fourth-order valence-electron chi connectivity index (χ4n) is 2.88. The molecule has 1 aliphatic rings. The van der Waals surface area contributed by atoms with E-state index < -0.39 is 23.7 Å². The lowest BCUT2D eigenvalue weighted by molar-refractivity contribution is -0.137. The van der Waals surface area contributed by atoms with Gasteiger partial charge in [0.15, 0.2) is 0 Å². The van der Waals surface area contributed by atoms with Gasteiger partial charge in [-0.15, -0.1) is 0 Å². The number of alkyl halides is 3. The van der Waals surface area contributed by atoms with Crippen molar-refractivity contribution in [3.8, 4) is 5.75 Å². The Bertz CT molecular complexity index is 911. The first kappa shape index (κ1) is 23.0.